The van der Waals surface area contributed by atoms with Gasteiger partial charge in [0.2, 0.25) is 0 Å². The van der Waals surface area contributed by atoms with Crippen LogP contribution in [0.2, 0.25) is 0 Å². The van der Waals surface area contributed by atoms with Gasteiger partial charge in [-0.1, -0.05) is 12.1 Å². The van der Waals surface area contributed by atoms with Crippen LogP contribution < -0.4 is 16.4 Å². The average molecular weight is 291 g/mol. The van der Waals surface area contributed by atoms with Crippen LogP contribution in [0.15, 0.2) is 42.5 Å². The maximum atomic E-state index is 13.4. The Hall–Kier alpha value is -2.96. The van der Waals surface area contributed by atoms with E-state index in [0.717, 1.165) is 12.1 Å². The van der Waals surface area contributed by atoms with E-state index in [4.69, 9.17) is 5.73 Å². The minimum absolute atomic E-state index is 0.118. The number of carbonyl (C=O) groups is 2. The maximum Gasteiger partial charge on any atom is 0.323 e. The molecule has 2 aromatic rings. The van der Waals surface area contributed by atoms with E-state index in [1.54, 1.807) is 12.1 Å². The van der Waals surface area contributed by atoms with Crippen molar-refractivity contribution in [1.82, 2.24) is 0 Å². The quantitative estimate of drug-likeness (QED) is 0.812. The predicted octanol–water partition coefficient (Wildman–Crippen LogP) is 2.71. The Bertz CT molecular complexity index is 704. The molecule has 0 bridgehead atoms. The lowest BCUT2D eigenvalue weighted by Gasteiger charge is -2.10. The van der Waals surface area contributed by atoms with Gasteiger partial charge in [-0.25, -0.2) is 13.6 Å². The Balaban J connectivity index is 2.14. The lowest BCUT2D eigenvalue weighted by molar-refractivity contribution is 0.100. The zero-order valence-electron chi connectivity index (χ0n) is 10.7. The summed E-state index contributed by atoms with van der Waals surface area (Å²) in [6, 6.07) is 8.06. The predicted molar refractivity (Wildman–Crippen MR) is 74.0 cm³/mol. The normalized spacial score (nSPS) is 10.0. The lowest BCUT2D eigenvalue weighted by atomic mass is 10.1. The summed E-state index contributed by atoms with van der Waals surface area (Å²) in [4.78, 5) is 23.0. The molecule has 4 N–H and O–H groups in total. The highest BCUT2D eigenvalue weighted by molar-refractivity contribution is 6.06. The molecule has 5 nitrogen and oxygen atoms in total. The number of urea groups is 1. The third kappa shape index (κ3) is 3.53. The van der Waals surface area contributed by atoms with Crippen LogP contribution in [0, 0.1) is 11.6 Å². The van der Waals surface area contributed by atoms with Crippen LogP contribution in [0.5, 0.6) is 0 Å². The standard InChI is InChI=1S/C14H11F2N3O2/c15-8-5-6-12(10(16)7-8)19-14(21)18-11-4-2-1-3-9(11)13(17)20/h1-7H,(H2,17,20)(H2,18,19,21). The fourth-order valence-corrected chi connectivity index (χ4v) is 1.67. The van der Waals surface area contributed by atoms with Crippen molar-refractivity contribution < 1.29 is 18.4 Å². The van der Waals surface area contributed by atoms with Gasteiger partial charge in [0.15, 0.2) is 0 Å². The van der Waals surface area contributed by atoms with Gasteiger partial charge < -0.3 is 16.4 Å². The van der Waals surface area contributed by atoms with E-state index < -0.39 is 23.6 Å². The molecule has 0 atom stereocenters. The first-order valence-corrected chi connectivity index (χ1v) is 5.89. The smallest absolute Gasteiger partial charge is 0.323 e. The first kappa shape index (κ1) is 14.4. The third-order valence-corrected chi connectivity index (χ3v) is 2.62. The molecule has 21 heavy (non-hydrogen) atoms. The van der Waals surface area contributed by atoms with Crippen molar-refractivity contribution >= 4 is 23.3 Å². The second-order valence-corrected chi connectivity index (χ2v) is 4.11. The number of hydrogen-bond acceptors (Lipinski definition) is 2. The largest absolute Gasteiger partial charge is 0.366 e. The van der Waals surface area contributed by atoms with Gasteiger partial charge >= 0.3 is 6.03 Å². The Morgan fingerprint density at radius 3 is 2.29 bits per heavy atom. The molecule has 0 aliphatic carbocycles. The van der Waals surface area contributed by atoms with Crippen molar-refractivity contribution in [2.24, 2.45) is 5.73 Å². The third-order valence-electron chi connectivity index (χ3n) is 2.62. The van der Waals surface area contributed by atoms with Crippen molar-refractivity contribution in [1.29, 1.82) is 0 Å². The van der Waals surface area contributed by atoms with Crippen molar-refractivity contribution in [2.75, 3.05) is 10.6 Å². The summed E-state index contributed by atoms with van der Waals surface area (Å²) in [5, 5.41) is 4.58. The molecule has 0 radical (unpaired) electrons. The Morgan fingerprint density at radius 1 is 0.952 bits per heavy atom. The van der Waals surface area contributed by atoms with Gasteiger partial charge in [0, 0.05) is 6.07 Å². The molecule has 0 heterocycles. The molecule has 108 valence electrons. The molecular formula is C14H11F2N3O2. The maximum absolute atomic E-state index is 13.4. The average Bonchev–Trinajstić information content (AvgIpc) is 2.42. The Morgan fingerprint density at radius 2 is 1.62 bits per heavy atom. The van der Waals surface area contributed by atoms with Crippen molar-refractivity contribution in [2.45, 2.75) is 0 Å². The van der Waals surface area contributed by atoms with Gasteiger partial charge in [-0.15, -0.1) is 0 Å². The lowest BCUT2D eigenvalue weighted by Crippen LogP contribution is -2.23. The first-order chi connectivity index (χ1) is 9.97. The van der Waals surface area contributed by atoms with Gasteiger partial charge in [0.1, 0.15) is 11.6 Å². The fraction of sp³-hybridized carbons (Fsp3) is 0. The molecule has 0 aliphatic rings. The molecule has 3 amide bonds. The zero-order valence-corrected chi connectivity index (χ0v) is 10.7. The number of carbonyl (C=O) groups excluding carboxylic acids is 2. The van der Waals surface area contributed by atoms with Crippen LogP contribution in [0.4, 0.5) is 25.0 Å². The molecule has 2 rings (SSSR count). The molecule has 7 heteroatoms. The zero-order chi connectivity index (χ0) is 15.4. The summed E-state index contributed by atoms with van der Waals surface area (Å²) >= 11 is 0. The van der Waals surface area contributed by atoms with Gasteiger partial charge in [-0.05, 0) is 24.3 Å². The second-order valence-electron chi connectivity index (χ2n) is 4.11. The molecule has 2 aromatic carbocycles. The van der Waals surface area contributed by atoms with Crippen LogP contribution in [0.1, 0.15) is 10.4 Å². The van der Waals surface area contributed by atoms with Crippen LogP contribution >= 0.6 is 0 Å². The number of amides is 3. The first-order valence-electron chi connectivity index (χ1n) is 5.89. The highest BCUT2D eigenvalue weighted by Crippen LogP contribution is 2.17. The fourth-order valence-electron chi connectivity index (χ4n) is 1.67. The summed E-state index contributed by atoms with van der Waals surface area (Å²) in [6.07, 6.45) is 0. The van der Waals surface area contributed by atoms with Gasteiger partial charge in [0.25, 0.3) is 5.91 Å². The van der Waals surface area contributed by atoms with E-state index in [1.165, 1.54) is 12.1 Å². The number of halogens is 2. The van der Waals surface area contributed by atoms with Gasteiger partial charge in [-0.2, -0.15) is 0 Å². The monoisotopic (exact) mass is 291 g/mol. The number of hydrogen-bond donors (Lipinski definition) is 3. The number of nitrogens with two attached hydrogens (primary N) is 1. The van der Waals surface area contributed by atoms with Gasteiger partial charge in [0.05, 0.1) is 16.9 Å². The molecule has 0 aromatic heterocycles. The summed E-state index contributed by atoms with van der Waals surface area (Å²) in [6.45, 7) is 0. The highest BCUT2D eigenvalue weighted by Gasteiger charge is 2.12. The number of para-hydroxylation sites is 1. The van der Waals surface area contributed by atoms with E-state index >= 15 is 0 Å². The molecule has 0 fully saturated rings. The molecule has 0 aliphatic heterocycles. The summed E-state index contributed by atoms with van der Waals surface area (Å²) in [5.41, 5.74) is 5.28. The summed E-state index contributed by atoms with van der Waals surface area (Å²) in [5.74, 6) is -2.37. The number of rotatable bonds is 3. The molecule has 0 saturated carbocycles. The summed E-state index contributed by atoms with van der Waals surface area (Å²) in [7, 11) is 0. The minimum atomic E-state index is -0.909. The van der Waals surface area contributed by atoms with Gasteiger partial charge in [-0.3, -0.25) is 4.79 Å². The minimum Gasteiger partial charge on any atom is -0.366 e. The van der Waals surface area contributed by atoms with E-state index in [0.29, 0.717) is 6.07 Å². The SMILES string of the molecule is NC(=O)c1ccccc1NC(=O)Nc1ccc(F)cc1F. The van der Waals surface area contributed by atoms with E-state index in [9.17, 15) is 18.4 Å². The highest BCUT2D eigenvalue weighted by atomic mass is 19.1. The number of nitrogens with one attached hydrogen (secondary N) is 2. The number of primary amides is 1. The van der Waals surface area contributed by atoms with E-state index in [-0.39, 0.29) is 16.9 Å². The number of anilines is 2. The topological polar surface area (TPSA) is 84.2 Å². The number of benzene rings is 2. The summed E-state index contributed by atoms with van der Waals surface area (Å²) < 4.78 is 26.2. The Kier molecular flexibility index (Phi) is 4.13. The van der Waals surface area contributed by atoms with Crippen molar-refractivity contribution in [3.63, 3.8) is 0 Å². The molecular weight excluding hydrogens is 280 g/mol. The second kappa shape index (κ2) is 6.00. The van der Waals surface area contributed by atoms with Crippen LogP contribution in [-0.2, 0) is 0 Å². The van der Waals surface area contributed by atoms with Crippen LogP contribution in [-0.4, -0.2) is 11.9 Å². The van der Waals surface area contributed by atoms with Crippen molar-refractivity contribution in [3.05, 3.63) is 59.7 Å². The Labute approximate surface area is 118 Å². The molecule has 0 unspecified atom stereocenters. The van der Waals surface area contributed by atoms with E-state index in [1.807, 2.05) is 0 Å². The molecule has 0 saturated heterocycles. The molecule has 0 spiro atoms. The van der Waals surface area contributed by atoms with Crippen molar-refractivity contribution in [3.8, 4) is 0 Å². The van der Waals surface area contributed by atoms with Crippen LogP contribution in [0.25, 0.3) is 0 Å². The van der Waals surface area contributed by atoms with E-state index in [2.05, 4.69) is 10.6 Å². The van der Waals surface area contributed by atoms with Crippen LogP contribution in [0.3, 0.4) is 0 Å².